The summed E-state index contributed by atoms with van der Waals surface area (Å²) in [5.74, 6) is -0.518. The summed E-state index contributed by atoms with van der Waals surface area (Å²) in [5, 5.41) is 7.29. The van der Waals surface area contributed by atoms with Crippen LogP contribution in [-0.4, -0.2) is 47.3 Å². The number of aromatic nitrogens is 2. The first-order valence-corrected chi connectivity index (χ1v) is 7.96. The number of rotatable bonds is 6. The zero-order valence-corrected chi connectivity index (χ0v) is 14.9. The van der Waals surface area contributed by atoms with Gasteiger partial charge in [-0.2, -0.15) is 5.10 Å². The van der Waals surface area contributed by atoms with Gasteiger partial charge < -0.3 is 10.2 Å². The van der Waals surface area contributed by atoms with Gasteiger partial charge in [-0.3, -0.25) is 4.79 Å². The molecule has 1 heterocycles. The van der Waals surface area contributed by atoms with Gasteiger partial charge in [0.05, 0.1) is 5.69 Å². The molecule has 0 aliphatic heterocycles. The van der Waals surface area contributed by atoms with Crippen LogP contribution in [-0.2, 0) is 0 Å². The Kier molecular flexibility index (Phi) is 5.39. The molecule has 1 atom stereocenters. The van der Waals surface area contributed by atoms with Gasteiger partial charge in [-0.25, -0.2) is 9.07 Å². The Bertz CT molecular complexity index is 691. The average Bonchev–Trinajstić information content (AvgIpc) is 2.96. The maximum Gasteiger partial charge on any atom is 0.272 e. The van der Waals surface area contributed by atoms with Crippen LogP contribution < -0.4 is 5.32 Å². The van der Waals surface area contributed by atoms with Crippen molar-refractivity contribution in [2.75, 3.05) is 20.6 Å². The molecule has 2 rings (SSSR count). The summed E-state index contributed by atoms with van der Waals surface area (Å²) in [7, 11) is 4.03. The molecule has 0 aliphatic rings. The van der Waals surface area contributed by atoms with E-state index in [4.69, 9.17) is 0 Å². The van der Waals surface area contributed by atoms with Crippen LogP contribution in [0.25, 0.3) is 5.69 Å². The van der Waals surface area contributed by atoms with Gasteiger partial charge in [-0.15, -0.1) is 0 Å². The molecule has 130 valence electrons. The van der Waals surface area contributed by atoms with Gasteiger partial charge in [0, 0.05) is 18.8 Å². The molecule has 0 spiro atoms. The largest absolute Gasteiger partial charge is 0.348 e. The number of carbonyl (C=O) groups excluding carboxylic acids is 1. The van der Waals surface area contributed by atoms with Crippen LogP contribution in [0, 0.1) is 11.2 Å². The molecule has 1 N–H and O–H groups in total. The smallest absolute Gasteiger partial charge is 0.272 e. The van der Waals surface area contributed by atoms with E-state index in [0.29, 0.717) is 11.4 Å². The second-order valence-electron chi connectivity index (χ2n) is 7.04. The monoisotopic (exact) mass is 332 g/mol. The Labute approximate surface area is 142 Å². The van der Waals surface area contributed by atoms with Crippen LogP contribution in [0.1, 0.15) is 31.3 Å². The Morgan fingerprint density at radius 3 is 2.50 bits per heavy atom. The van der Waals surface area contributed by atoms with Crippen molar-refractivity contribution in [1.29, 1.82) is 0 Å². The van der Waals surface area contributed by atoms with Crippen LogP contribution >= 0.6 is 0 Å². The fourth-order valence-electron chi connectivity index (χ4n) is 2.60. The standard InChI is InChI=1S/C18H25FN4O/c1-13(18(2,3)12-22(4)5)20-17(24)16-10-11-23(21-16)15-8-6-14(19)7-9-15/h6-11,13H,12H2,1-5H3,(H,20,24)/t13-/m0/s1. The van der Waals surface area contributed by atoms with Crippen molar-refractivity contribution in [3.63, 3.8) is 0 Å². The van der Waals surface area contributed by atoms with Crippen LogP contribution in [0.3, 0.4) is 0 Å². The number of hydrogen-bond acceptors (Lipinski definition) is 3. The normalized spacial score (nSPS) is 13.1. The van der Waals surface area contributed by atoms with Gasteiger partial charge in [0.25, 0.3) is 5.91 Å². The Balaban J connectivity index is 2.07. The third kappa shape index (κ3) is 4.41. The van der Waals surface area contributed by atoms with E-state index in [0.717, 1.165) is 6.54 Å². The lowest BCUT2D eigenvalue weighted by atomic mass is 9.85. The molecule has 6 heteroatoms. The van der Waals surface area contributed by atoms with Crippen molar-refractivity contribution in [1.82, 2.24) is 20.0 Å². The number of nitrogens with one attached hydrogen (secondary N) is 1. The molecule has 1 aromatic carbocycles. The molecular formula is C18H25FN4O. The Morgan fingerprint density at radius 2 is 1.92 bits per heavy atom. The molecule has 1 aromatic heterocycles. The van der Waals surface area contributed by atoms with Crippen molar-refractivity contribution in [3.05, 3.63) is 48.0 Å². The predicted molar refractivity (Wildman–Crippen MR) is 92.8 cm³/mol. The number of amides is 1. The molecule has 24 heavy (non-hydrogen) atoms. The molecule has 2 aromatic rings. The van der Waals surface area contributed by atoms with E-state index in [1.165, 1.54) is 12.1 Å². The summed E-state index contributed by atoms with van der Waals surface area (Å²) < 4.78 is 14.5. The Hall–Kier alpha value is -2.21. The van der Waals surface area contributed by atoms with Crippen LogP contribution in [0.2, 0.25) is 0 Å². The molecule has 1 amide bonds. The summed E-state index contributed by atoms with van der Waals surface area (Å²) in [4.78, 5) is 14.5. The van der Waals surface area contributed by atoms with Crippen LogP contribution in [0.5, 0.6) is 0 Å². The molecule has 0 radical (unpaired) electrons. The topological polar surface area (TPSA) is 50.2 Å². The summed E-state index contributed by atoms with van der Waals surface area (Å²) in [5.41, 5.74) is 0.974. The number of benzene rings is 1. The highest BCUT2D eigenvalue weighted by atomic mass is 19.1. The predicted octanol–water partition coefficient (Wildman–Crippen LogP) is 2.72. The molecule has 0 saturated heterocycles. The lowest BCUT2D eigenvalue weighted by molar-refractivity contribution is 0.0880. The van der Waals surface area contributed by atoms with E-state index in [1.807, 2.05) is 21.0 Å². The van der Waals surface area contributed by atoms with Crippen molar-refractivity contribution in [2.45, 2.75) is 26.8 Å². The molecule has 0 fully saturated rings. The molecule has 0 unspecified atom stereocenters. The van der Waals surface area contributed by atoms with E-state index in [9.17, 15) is 9.18 Å². The third-order valence-corrected chi connectivity index (χ3v) is 4.16. The minimum Gasteiger partial charge on any atom is -0.348 e. The third-order valence-electron chi connectivity index (χ3n) is 4.16. The van der Waals surface area contributed by atoms with Gasteiger partial charge in [0.1, 0.15) is 5.82 Å². The highest BCUT2D eigenvalue weighted by Gasteiger charge is 2.28. The fraction of sp³-hybridized carbons (Fsp3) is 0.444. The van der Waals surface area contributed by atoms with Crippen molar-refractivity contribution in [3.8, 4) is 5.69 Å². The number of hydrogen-bond donors (Lipinski definition) is 1. The lowest BCUT2D eigenvalue weighted by Gasteiger charge is -2.34. The van der Waals surface area contributed by atoms with Gasteiger partial charge in [0.2, 0.25) is 0 Å². The quantitative estimate of drug-likeness (QED) is 0.885. The summed E-state index contributed by atoms with van der Waals surface area (Å²) >= 11 is 0. The van der Waals surface area contributed by atoms with Gasteiger partial charge in [0.15, 0.2) is 5.69 Å². The average molecular weight is 332 g/mol. The first kappa shape index (κ1) is 18.1. The second-order valence-corrected chi connectivity index (χ2v) is 7.04. The van der Waals surface area contributed by atoms with E-state index < -0.39 is 0 Å². The minimum absolute atomic E-state index is 0.0108. The van der Waals surface area contributed by atoms with Crippen molar-refractivity contribution in [2.24, 2.45) is 5.41 Å². The second kappa shape index (κ2) is 7.13. The van der Waals surface area contributed by atoms with E-state index in [1.54, 1.807) is 29.1 Å². The summed E-state index contributed by atoms with van der Waals surface area (Å²) in [6.45, 7) is 7.10. The zero-order valence-electron chi connectivity index (χ0n) is 14.9. The summed E-state index contributed by atoms with van der Waals surface area (Å²) in [6, 6.07) is 7.61. The number of carbonyl (C=O) groups is 1. The SMILES string of the molecule is C[C@H](NC(=O)c1ccn(-c2ccc(F)cc2)n1)C(C)(C)CN(C)C. The highest BCUT2D eigenvalue weighted by Crippen LogP contribution is 2.21. The minimum atomic E-state index is -0.305. The first-order valence-electron chi connectivity index (χ1n) is 7.96. The van der Waals surface area contributed by atoms with Crippen LogP contribution in [0.15, 0.2) is 36.5 Å². The van der Waals surface area contributed by atoms with E-state index in [-0.39, 0.29) is 23.2 Å². The maximum absolute atomic E-state index is 13.0. The Morgan fingerprint density at radius 1 is 1.29 bits per heavy atom. The van der Waals surface area contributed by atoms with Crippen molar-refractivity contribution >= 4 is 5.91 Å². The van der Waals surface area contributed by atoms with E-state index in [2.05, 4.69) is 29.2 Å². The molecule has 5 nitrogen and oxygen atoms in total. The summed E-state index contributed by atoms with van der Waals surface area (Å²) in [6.07, 6.45) is 1.69. The van der Waals surface area contributed by atoms with Crippen molar-refractivity contribution < 1.29 is 9.18 Å². The van der Waals surface area contributed by atoms with Crippen LogP contribution in [0.4, 0.5) is 4.39 Å². The maximum atomic E-state index is 13.0. The highest BCUT2D eigenvalue weighted by molar-refractivity contribution is 5.92. The van der Waals surface area contributed by atoms with E-state index >= 15 is 0 Å². The zero-order chi connectivity index (χ0) is 17.9. The molecule has 0 aliphatic carbocycles. The fourth-order valence-corrected chi connectivity index (χ4v) is 2.60. The molecule has 0 bridgehead atoms. The first-order chi connectivity index (χ1) is 11.2. The number of nitrogens with zero attached hydrogens (tertiary/aromatic N) is 3. The number of halogens is 1. The van der Waals surface area contributed by atoms with Gasteiger partial charge >= 0.3 is 0 Å². The lowest BCUT2D eigenvalue weighted by Crippen LogP contribution is -2.47. The van der Waals surface area contributed by atoms with Gasteiger partial charge in [-0.1, -0.05) is 13.8 Å². The van der Waals surface area contributed by atoms with Gasteiger partial charge in [-0.05, 0) is 56.8 Å². The molecule has 0 saturated carbocycles. The molecular weight excluding hydrogens is 307 g/mol.